The molecule has 1 aromatic heterocycles. The number of hydrogen-bond donors (Lipinski definition) is 0. The molecule has 0 amide bonds. The van der Waals surface area contributed by atoms with Gasteiger partial charge in [-0.2, -0.15) is 0 Å². The summed E-state index contributed by atoms with van der Waals surface area (Å²) in [5.41, 5.74) is 0.825. The molecular formula is C14H22N2O2S. The normalized spacial score (nSPS) is 20.1. The minimum absolute atomic E-state index is 0.222. The second-order valence-electron chi connectivity index (χ2n) is 4.98. The third kappa shape index (κ3) is 3.69. The zero-order chi connectivity index (χ0) is 13.7. The number of thiazole rings is 1. The largest absolute Gasteiger partial charge is 0.469 e. The van der Waals surface area contributed by atoms with Crippen molar-refractivity contribution >= 4 is 22.4 Å². The van der Waals surface area contributed by atoms with Crippen LogP contribution < -0.4 is 4.90 Å². The summed E-state index contributed by atoms with van der Waals surface area (Å²) in [5, 5.41) is 3.04. The predicted octanol–water partition coefficient (Wildman–Crippen LogP) is 3.02. The van der Waals surface area contributed by atoms with Gasteiger partial charge in [0.2, 0.25) is 0 Å². The van der Waals surface area contributed by atoms with Gasteiger partial charge in [0.15, 0.2) is 5.13 Å². The van der Waals surface area contributed by atoms with Gasteiger partial charge < -0.3 is 9.64 Å². The maximum atomic E-state index is 11.3. The Morgan fingerprint density at radius 2 is 2.37 bits per heavy atom. The zero-order valence-corrected chi connectivity index (χ0v) is 12.5. The molecule has 1 unspecified atom stereocenters. The highest BCUT2D eigenvalue weighted by Crippen LogP contribution is 2.28. The molecule has 1 aliphatic rings. The van der Waals surface area contributed by atoms with Gasteiger partial charge in [-0.15, -0.1) is 11.3 Å². The Morgan fingerprint density at radius 3 is 3.11 bits per heavy atom. The van der Waals surface area contributed by atoms with E-state index in [0.29, 0.717) is 6.04 Å². The number of carbonyl (C=O) groups excluding carboxylic acids is 1. The summed E-state index contributed by atoms with van der Waals surface area (Å²) in [6.07, 6.45) is 6.55. The van der Waals surface area contributed by atoms with Crippen molar-refractivity contribution in [2.75, 3.05) is 18.6 Å². The summed E-state index contributed by atoms with van der Waals surface area (Å²) in [4.78, 5) is 18.3. The quantitative estimate of drug-likeness (QED) is 0.796. The Balaban J connectivity index is 2.08. The number of nitrogens with zero attached hydrogens (tertiary/aromatic N) is 2. The van der Waals surface area contributed by atoms with Gasteiger partial charge in [-0.25, -0.2) is 4.98 Å². The third-order valence-corrected chi connectivity index (χ3v) is 4.61. The molecular weight excluding hydrogens is 260 g/mol. The SMILES string of the molecule is CCC1CCCCCN1c1nc(CC(=O)OC)cs1. The van der Waals surface area contributed by atoms with E-state index in [-0.39, 0.29) is 12.4 Å². The van der Waals surface area contributed by atoms with Crippen molar-refractivity contribution in [3.63, 3.8) is 0 Å². The highest BCUT2D eigenvalue weighted by atomic mass is 32.1. The van der Waals surface area contributed by atoms with Gasteiger partial charge in [0, 0.05) is 18.0 Å². The van der Waals surface area contributed by atoms with Crippen LogP contribution in [0, 0.1) is 0 Å². The van der Waals surface area contributed by atoms with E-state index in [1.165, 1.54) is 32.8 Å². The van der Waals surface area contributed by atoms with Crippen LogP contribution in [-0.2, 0) is 16.0 Å². The van der Waals surface area contributed by atoms with Crippen LogP contribution in [0.3, 0.4) is 0 Å². The van der Waals surface area contributed by atoms with Crippen molar-refractivity contribution < 1.29 is 9.53 Å². The lowest BCUT2D eigenvalue weighted by Crippen LogP contribution is -2.34. The number of esters is 1. The second-order valence-corrected chi connectivity index (χ2v) is 5.82. The van der Waals surface area contributed by atoms with Crippen LogP contribution >= 0.6 is 11.3 Å². The van der Waals surface area contributed by atoms with Gasteiger partial charge in [0.1, 0.15) is 0 Å². The van der Waals surface area contributed by atoms with E-state index in [9.17, 15) is 4.79 Å². The van der Waals surface area contributed by atoms with Gasteiger partial charge >= 0.3 is 5.97 Å². The van der Waals surface area contributed by atoms with E-state index >= 15 is 0 Å². The molecule has 1 aromatic rings. The Morgan fingerprint density at radius 1 is 1.53 bits per heavy atom. The highest BCUT2D eigenvalue weighted by Gasteiger charge is 2.22. The molecule has 0 saturated carbocycles. The van der Waals surface area contributed by atoms with Gasteiger partial charge in [0.05, 0.1) is 19.2 Å². The predicted molar refractivity (Wildman–Crippen MR) is 77.7 cm³/mol. The van der Waals surface area contributed by atoms with Crippen LogP contribution in [0.4, 0.5) is 5.13 Å². The number of methoxy groups -OCH3 is 1. The van der Waals surface area contributed by atoms with E-state index in [2.05, 4.69) is 21.5 Å². The molecule has 1 fully saturated rings. The van der Waals surface area contributed by atoms with Crippen molar-refractivity contribution in [1.82, 2.24) is 4.98 Å². The van der Waals surface area contributed by atoms with Crippen LogP contribution in [0.2, 0.25) is 0 Å². The lowest BCUT2D eigenvalue weighted by Gasteiger charge is -2.28. The Bertz CT molecular complexity index is 419. The summed E-state index contributed by atoms with van der Waals surface area (Å²) >= 11 is 1.64. The topological polar surface area (TPSA) is 42.4 Å². The van der Waals surface area contributed by atoms with E-state index in [0.717, 1.165) is 23.8 Å². The summed E-state index contributed by atoms with van der Waals surface area (Å²) in [7, 11) is 1.41. The van der Waals surface area contributed by atoms with Crippen molar-refractivity contribution in [2.24, 2.45) is 0 Å². The summed E-state index contributed by atoms with van der Waals surface area (Å²) < 4.78 is 4.68. The van der Waals surface area contributed by atoms with Crippen molar-refractivity contribution in [3.8, 4) is 0 Å². The molecule has 19 heavy (non-hydrogen) atoms. The lowest BCUT2D eigenvalue weighted by molar-refractivity contribution is -0.139. The van der Waals surface area contributed by atoms with Crippen molar-refractivity contribution in [2.45, 2.75) is 51.5 Å². The first-order valence-electron chi connectivity index (χ1n) is 7.02. The molecule has 0 bridgehead atoms. The number of hydrogen-bond acceptors (Lipinski definition) is 5. The van der Waals surface area contributed by atoms with Crippen molar-refractivity contribution in [3.05, 3.63) is 11.1 Å². The maximum Gasteiger partial charge on any atom is 0.311 e. The van der Waals surface area contributed by atoms with E-state index in [1.807, 2.05) is 5.38 Å². The minimum atomic E-state index is -0.222. The van der Waals surface area contributed by atoms with E-state index in [4.69, 9.17) is 0 Å². The highest BCUT2D eigenvalue weighted by molar-refractivity contribution is 7.13. The standard InChI is InChI=1S/C14H22N2O2S/c1-3-12-7-5-4-6-8-16(12)14-15-11(10-19-14)9-13(17)18-2/h10,12H,3-9H2,1-2H3. The smallest absolute Gasteiger partial charge is 0.311 e. The van der Waals surface area contributed by atoms with Crippen LogP contribution in [-0.4, -0.2) is 30.6 Å². The molecule has 106 valence electrons. The van der Waals surface area contributed by atoms with Gasteiger partial charge in [-0.05, 0) is 19.3 Å². The Hall–Kier alpha value is -1.10. The fraction of sp³-hybridized carbons (Fsp3) is 0.714. The first-order chi connectivity index (χ1) is 9.24. The van der Waals surface area contributed by atoms with E-state index < -0.39 is 0 Å². The molecule has 1 aliphatic heterocycles. The molecule has 2 heterocycles. The molecule has 0 N–H and O–H groups in total. The second kappa shape index (κ2) is 6.89. The van der Waals surface area contributed by atoms with Gasteiger partial charge in [-0.1, -0.05) is 19.8 Å². The van der Waals surface area contributed by atoms with Crippen LogP contribution in [0.5, 0.6) is 0 Å². The molecule has 0 radical (unpaired) electrons. The van der Waals surface area contributed by atoms with Crippen LogP contribution in [0.25, 0.3) is 0 Å². The Kier molecular flexibility index (Phi) is 5.19. The average Bonchev–Trinajstić information content (AvgIpc) is 2.74. The lowest BCUT2D eigenvalue weighted by atomic mass is 10.1. The monoisotopic (exact) mass is 282 g/mol. The number of rotatable bonds is 4. The summed E-state index contributed by atoms with van der Waals surface area (Å²) in [6.45, 7) is 3.33. The van der Waals surface area contributed by atoms with Crippen LogP contribution in [0.15, 0.2) is 5.38 Å². The first kappa shape index (κ1) is 14.3. The molecule has 4 nitrogen and oxygen atoms in total. The van der Waals surface area contributed by atoms with Gasteiger partial charge in [-0.3, -0.25) is 4.79 Å². The fourth-order valence-electron chi connectivity index (χ4n) is 2.58. The maximum absolute atomic E-state index is 11.3. The average molecular weight is 282 g/mol. The Labute approximate surface area is 118 Å². The van der Waals surface area contributed by atoms with Gasteiger partial charge in [0.25, 0.3) is 0 Å². The molecule has 0 aliphatic carbocycles. The molecule has 1 saturated heterocycles. The number of carbonyl (C=O) groups is 1. The summed E-state index contributed by atoms with van der Waals surface area (Å²) in [5.74, 6) is -0.222. The fourth-order valence-corrected chi connectivity index (χ4v) is 3.51. The van der Waals surface area contributed by atoms with E-state index in [1.54, 1.807) is 11.3 Å². The molecule has 5 heteroatoms. The molecule has 2 rings (SSSR count). The minimum Gasteiger partial charge on any atom is -0.469 e. The number of ether oxygens (including phenoxy) is 1. The number of anilines is 1. The third-order valence-electron chi connectivity index (χ3n) is 3.69. The number of aromatic nitrogens is 1. The molecule has 0 aromatic carbocycles. The summed E-state index contributed by atoms with van der Waals surface area (Å²) in [6, 6.07) is 0.597. The van der Waals surface area contributed by atoms with Crippen molar-refractivity contribution in [1.29, 1.82) is 0 Å². The zero-order valence-electron chi connectivity index (χ0n) is 11.7. The van der Waals surface area contributed by atoms with Crippen LogP contribution in [0.1, 0.15) is 44.7 Å². The molecule has 1 atom stereocenters. The molecule has 0 spiro atoms. The first-order valence-corrected chi connectivity index (χ1v) is 7.90.